The number of ether oxygens (including phenoxy) is 1. The molecule has 2 rings (SSSR count). The van der Waals surface area contributed by atoms with Gasteiger partial charge in [-0.2, -0.15) is 0 Å². The lowest BCUT2D eigenvalue weighted by atomic mass is 9.89. The van der Waals surface area contributed by atoms with Crippen molar-refractivity contribution in [2.75, 3.05) is 0 Å². The molecule has 1 aliphatic heterocycles. The highest BCUT2D eigenvalue weighted by Crippen LogP contribution is 2.48. The summed E-state index contributed by atoms with van der Waals surface area (Å²) in [7, 11) is 0. The minimum absolute atomic E-state index is 0.282. The summed E-state index contributed by atoms with van der Waals surface area (Å²) in [6, 6.07) is 6.58. The van der Waals surface area contributed by atoms with Gasteiger partial charge in [-0.3, -0.25) is 0 Å². The number of rotatable bonds is 0. The Morgan fingerprint density at radius 3 is 2.60 bits per heavy atom. The molecular formula is C10H8Cl2O3. The molecule has 80 valence electrons. The zero-order valence-corrected chi connectivity index (χ0v) is 9.34. The summed E-state index contributed by atoms with van der Waals surface area (Å²) in [4.78, 5) is 11.4. The third-order valence-corrected chi connectivity index (χ3v) is 3.53. The summed E-state index contributed by atoms with van der Waals surface area (Å²) in [5.74, 6) is -0.584. The highest BCUT2D eigenvalue weighted by atomic mass is 35.5. The number of esters is 1. The van der Waals surface area contributed by atoms with E-state index in [9.17, 15) is 9.90 Å². The maximum absolute atomic E-state index is 11.4. The molecule has 0 radical (unpaired) electrons. The summed E-state index contributed by atoms with van der Waals surface area (Å²) < 4.78 is 2.94. The molecule has 1 aliphatic rings. The monoisotopic (exact) mass is 246 g/mol. The minimum Gasteiger partial charge on any atom is -0.424 e. The van der Waals surface area contributed by atoms with Crippen molar-refractivity contribution in [2.45, 2.75) is 16.9 Å². The van der Waals surface area contributed by atoms with E-state index in [2.05, 4.69) is 0 Å². The van der Waals surface area contributed by atoms with Crippen LogP contribution in [-0.2, 0) is 10.4 Å². The molecule has 1 atom stereocenters. The fraction of sp³-hybridized carbons (Fsp3) is 0.300. The first-order valence-electron chi connectivity index (χ1n) is 4.29. The van der Waals surface area contributed by atoms with Gasteiger partial charge in [0.25, 0.3) is 0 Å². The standard InChI is InChI=1S/C10H8Cl2O3/c1-9(14)6-4-2-3-5-7(6)15-8(13)10(9,11)12/h2-5,14H,1H3. The molecule has 0 saturated carbocycles. The van der Waals surface area contributed by atoms with Crippen molar-refractivity contribution >= 4 is 29.2 Å². The Morgan fingerprint density at radius 2 is 1.93 bits per heavy atom. The normalized spacial score (nSPS) is 28.1. The Kier molecular flexibility index (Phi) is 2.23. The van der Waals surface area contributed by atoms with Crippen molar-refractivity contribution in [1.29, 1.82) is 0 Å². The smallest absolute Gasteiger partial charge is 0.351 e. The number of benzene rings is 1. The highest BCUT2D eigenvalue weighted by Gasteiger charge is 2.57. The van der Waals surface area contributed by atoms with Gasteiger partial charge in [0.15, 0.2) is 0 Å². The summed E-state index contributed by atoms with van der Waals surface area (Å²) in [5.41, 5.74) is -1.27. The first kappa shape index (κ1) is 10.7. The van der Waals surface area contributed by atoms with Gasteiger partial charge in [0.05, 0.1) is 0 Å². The van der Waals surface area contributed by atoms with Gasteiger partial charge in [-0.1, -0.05) is 41.4 Å². The molecule has 0 aliphatic carbocycles. The number of aliphatic hydroxyl groups is 1. The Labute approximate surface area is 96.6 Å². The van der Waals surface area contributed by atoms with Crippen molar-refractivity contribution < 1.29 is 14.6 Å². The molecule has 1 heterocycles. The van der Waals surface area contributed by atoms with Crippen molar-refractivity contribution in [3.05, 3.63) is 29.8 Å². The zero-order chi connectivity index (χ0) is 11.3. The highest BCUT2D eigenvalue weighted by molar-refractivity contribution is 6.58. The molecule has 5 heteroatoms. The first-order chi connectivity index (χ1) is 6.87. The molecule has 3 nitrogen and oxygen atoms in total. The van der Waals surface area contributed by atoms with Crippen LogP contribution in [-0.4, -0.2) is 15.4 Å². The van der Waals surface area contributed by atoms with Crippen molar-refractivity contribution in [3.63, 3.8) is 0 Å². The van der Waals surface area contributed by atoms with E-state index in [4.69, 9.17) is 27.9 Å². The van der Waals surface area contributed by atoms with E-state index < -0.39 is 15.9 Å². The van der Waals surface area contributed by atoms with E-state index in [1.165, 1.54) is 6.92 Å². The van der Waals surface area contributed by atoms with E-state index in [1.807, 2.05) is 0 Å². The average Bonchev–Trinajstić information content (AvgIpc) is 2.16. The Hall–Kier alpha value is -0.770. The maximum atomic E-state index is 11.4. The minimum atomic E-state index is -1.98. The molecule has 0 saturated heterocycles. The summed E-state index contributed by atoms with van der Waals surface area (Å²) in [6.45, 7) is 1.38. The molecule has 0 fully saturated rings. The van der Waals surface area contributed by atoms with Crippen LogP contribution >= 0.6 is 23.2 Å². The Bertz CT molecular complexity index is 426. The van der Waals surface area contributed by atoms with Gasteiger partial charge in [-0.05, 0) is 13.0 Å². The second-order valence-electron chi connectivity index (χ2n) is 3.53. The largest absolute Gasteiger partial charge is 0.424 e. The number of carbonyl (C=O) groups is 1. The van der Waals surface area contributed by atoms with Crippen LogP contribution in [0.4, 0.5) is 0 Å². The molecule has 1 N–H and O–H groups in total. The number of halogens is 2. The topological polar surface area (TPSA) is 46.5 Å². The molecule has 1 aromatic carbocycles. The average molecular weight is 247 g/mol. The molecule has 0 bridgehead atoms. The van der Waals surface area contributed by atoms with Gasteiger partial charge < -0.3 is 9.84 Å². The van der Waals surface area contributed by atoms with Crippen LogP contribution in [0.25, 0.3) is 0 Å². The Balaban J connectivity index is 2.66. The summed E-state index contributed by atoms with van der Waals surface area (Å²) in [5, 5.41) is 10.2. The lowest BCUT2D eigenvalue weighted by Crippen LogP contribution is -2.52. The van der Waals surface area contributed by atoms with Crippen LogP contribution in [0.2, 0.25) is 0 Å². The number of alkyl halides is 2. The molecule has 0 amide bonds. The first-order valence-corrected chi connectivity index (χ1v) is 5.05. The summed E-state index contributed by atoms with van der Waals surface area (Å²) >= 11 is 11.6. The van der Waals surface area contributed by atoms with Gasteiger partial charge in [0.1, 0.15) is 11.4 Å². The van der Waals surface area contributed by atoms with Crippen molar-refractivity contribution in [3.8, 4) is 5.75 Å². The van der Waals surface area contributed by atoms with Crippen LogP contribution < -0.4 is 4.74 Å². The van der Waals surface area contributed by atoms with E-state index in [-0.39, 0.29) is 5.75 Å². The number of hydrogen-bond acceptors (Lipinski definition) is 3. The second kappa shape index (κ2) is 3.11. The fourth-order valence-corrected chi connectivity index (χ4v) is 1.77. The predicted octanol–water partition coefficient (Wildman–Crippen LogP) is 1.99. The van der Waals surface area contributed by atoms with Crippen molar-refractivity contribution in [2.24, 2.45) is 0 Å². The van der Waals surface area contributed by atoms with E-state index in [1.54, 1.807) is 24.3 Å². The Morgan fingerprint density at radius 1 is 1.33 bits per heavy atom. The fourth-order valence-electron chi connectivity index (χ4n) is 1.49. The zero-order valence-electron chi connectivity index (χ0n) is 7.83. The molecule has 0 aromatic heterocycles. The van der Waals surface area contributed by atoms with Gasteiger partial charge >= 0.3 is 5.97 Å². The lowest BCUT2D eigenvalue weighted by molar-refractivity contribution is -0.144. The van der Waals surface area contributed by atoms with E-state index in [0.29, 0.717) is 5.56 Å². The molecule has 1 aromatic rings. The lowest BCUT2D eigenvalue weighted by Gasteiger charge is -2.38. The predicted molar refractivity (Wildman–Crippen MR) is 56.1 cm³/mol. The van der Waals surface area contributed by atoms with Crippen LogP contribution in [0.15, 0.2) is 24.3 Å². The van der Waals surface area contributed by atoms with Gasteiger partial charge in [0, 0.05) is 5.56 Å². The summed E-state index contributed by atoms with van der Waals surface area (Å²) in [6.07, 6.45) is 0. The number of carbonyl (C=O) groups excluding carboxylic acids is 1. The molecule has 15 heavy (non-hydrogen) atoms. The van der Waals surface area contributed by atoms with Crippen LogP contribution in [0.3, 0.4) is 0 Å². The van der Waals surface area contributed by atoms with Gasteiger partial charge in [-0.15, -0.1) is 0 Å². The number of hydrogen-bond donors (Lipinski definition) is 1. The second-order valence-corrected chi connectivity index (χ2v) is 4.86. The third kappa shape index (κ3) is 1.34. The van der Waals surface area contributed by atoms with Crippen LogP contribution in [0, 0.1) is 0 Å². The van der Waals surface area contributed by atoms with Gasteiger partial charge in [-0.25, -0.2) is 4.79 Å². The molecule has 0 spiro atoms. The third-order valence-electron chi connectivity index (χ3n) is 2.48. The van der Waals surface area contributed by atoms with Crippen LogP contribution in [0.1, 0.15) is 12.5 Å². The molecule has 1 unspecified atom stereocenters. The van der Waals surface area contributed by atoms with Gasteiger partial charge in [0.2, 0.25) is 4.33 Å². The quantitative estimate of drug-likeness (QED) is 0.433. The molecular weight excluding hydrogens is 239 g/mol. The SMILES string of the molecule is CC1(O)c2ccccc2OC(=O)C1(Cl)Cl. The van der Waals surface area contributed by atoms with E-state index in [0.717, 1.165) is 0 Å². The van der Waals surface area contributed by atoms with Crippen molar-refractivity contribution in [1.82, 2.24) is 0 Å². The number of fused-ring (bicyclic) bond motifs is 1. The number of para-hydroxylation sites is 1. The maximum Gasteiger partial charge on any atom is 0.351 e. The van der Waals surface area contributed by atoms with E-state index >= 15 is 0 Å². The van der Waals surface area contributed by atoms with Crippen LogP contribution in [0.5, 0.6) is 5.75 Å².